The fourth-order valence-electron chi connectivity index (χ4n) is 4.96. The lowest BCUT2D eigenvalue weighted by atomic mass is 9.53. The molecule has 1 amide bonds. The Labute approximate surface area is 138 Å². The summed E-state index contributed by atoms with van der Waals surface area (Å²) in [7, 11) is 1.79. The van der Waals surface area contributed by atoms with Gasteiger partial charge in [0.1, 0.15) is 0 Å². The van der Waals surface area contributed by atoms with Crippen molar-refractivity contribution in [2.75, 3.05) is 7.11 Å². The lowest BCUT2D eigenvalue weighted by Gasteiger charge is -2.60. The third-order valence-electron chi connectivity index (χ3n) is 6.40. The smallest absolute Gasteiger partial charge is 0.223 e. The molecule has 5 heteroatoms. The number of imidazole rings is 1. The number of nitrogens with one attached hydrogen (secondary N) is 1. The normalized spacial score (nSPS) is 32.0. The molecule has 4 unspecified atom stereocenters. The van der Waals surface area contributed by atoms with Crippen molar-refractivity contribution >= 4 is 5.91 Å². The van der Waals surface area contributed by atoms with Gasteiger partial charge in [0.05, 0.1) is 12.4 Å². The molecule has 0 saturated heterocycles. The van der Waals surface area contributed by atoms with Crippen molar-refractivity contribution in [1.29, 1.82) is 0 Å². The maximum atomic E-state index is 12.8. The van der Waals surface area contributed by atoms with Crippen molar-refractivity contribution in [3.8, 4) is 0 Å². The summed E-state index contributed by atoms with van der Waals surface area (Å²) < 4.78 is 7.88. The fourth-order valence-corrected chi connectivity index (χ4v) is 4.96. The molecule has 0 radical (unpaired) electrons. The van der Waals surface area contributed by atoms with Crippen molar-refractivity contribution in [1.82, 2.24) is 14.9 Å². The molecule has 4 atom stereocenters. The van der Waals surface area contributed by atoms with Crippen molar-refractivity contribution < 1.29 is 9.53 Å². The SMILES string of the molecule is CCC1(CC)C(NC(=O)C2CCn3cncc3C2)C(C)C1OC. The van der Waals surface area contributed by atoms with Gasteiger partial charge in [-0.25, -0.2) is 4.98 Å². The number of carbonyl (C=O) groups excluding carboxylic acids is 1. The van der Waals surface area contributed by atoms with Crippen molar-refractivity contribution in [3.05, 3.63) is 18.2 Å². The average Bonchev–Trinajstić information content (AvgIpc) is 3.04. The molecule has 1 fully saturated rings. The van der Waals surface area contributed by atoms with Gasteiger partial charge in [0, 0.05) is 55.3 Å². The van der Waals surface area contributed by atoms with E-state index in [9.17, 15) is 4.79 Å². The number of aromatic nitrogens is 2. The summed E-state index contributed by atoms with van der Waals surface area (Å²) in [6.07, 6.45) is 7.76. The standard InChI is InChI=1S/C18H29N3O2/c1-5-18(6-2)15(12(3)16(18)23-4)20-17(22)13-7-8-21-11-19-10-14(21)9-13/h10-13,15-16H,5-9H2,1-4H3,(H,20,22). The van der Waals surface area contributed by atoms with Crippen LogP contribution in [-0.4, -0.2) is 34.7 Å². The topological polar surface area (TPSA) is 56.2 Å². The molecule has 0 bridgehead atoms. The molecule has 5 nitrogen and oxygen atoms in total. The highest BCUT2D eigenvalue weighted by Gasteiger charge is 2.59. The molecule has 0 spiro atoms. The third kappa shape index (κ3) is 2.49. The van der Waals surface area contributed by atoms with Gasteiger partial charge in [0.25, 0.3) is 0 Å². The predicted octanol–water partition coefficient (Wildman–Crippen LogP) is 2.40. The maximum Gasteiger partial charge on any atom is 0.223 e. The number of nitrogens with zero attached hydrogens (tertiary/aromatic N) is 2. The molecule has 1 aromatic rings. The van der Waals surface area contributed by atoms with E-state index in [1.54, 1.807) is 7.11 Å². The first kappa shape index (κ1) is 16.5. The van der Waals surface area contributed by atoms with E-state index in [2.05, 4.69) is 35.6 Å². The minimum absolute atomic E-state index is 0.0689. The predicted molar refractivity (Wildman–Crippen MR) is 88.9 cm³/mol. The van der Waals surface area contributed by atoms with E-state index in [1.807, 2.05) is 12.5 Å². The van der Waals surface area contributed by atoms with Crippen LogP contribution < -0.4 is 5.32 Å². The van der Waals surface area contributed by atoms with Crippen LogP contribution in [0, 0.1) is 17.3 Å². The van der Waals surface area contributed by atoms with E-state index in [-0.39, 0.29) is 29.4 Å². The number of amides is 1. The second-order valence-electron chi connectivity index (χ2n) is 7.21. The van der Waals surface area contributed by atoms with Gasteiger partial charge >= 0.3 is 0 Å². The first-order valence-electron chi connectivity index (χ1n) is 8.89. The molecule has 3 rings (SSSR count). The summed E-state index contributed by atoms with van der Waals surface area (Å²) in [6, 6.07) is 0.224. The van der Waals surface area contributed by atoms with Gasteiger partial charge in [-0.1, -0.05) is 20.8 Å². The van der Waals surface area contributed by atoms with Crippen LogP contribution in [0.4, 0.5) is 0 Å². The van der Waals surface area contributed by atoms with Crippen LogP contribution in [0.2, 0.25) is 0 Å². The zero-order valence-corrected chi connectivity index (χ0v) is 14.7. The highest BCUT2D eigenvalue weighted by Crippen LogP contribution is 2.52. The van der Waals surface area contributed by atoms with Gasteiger partial charge in [0.2, 0.25) is 5.91 Å². The Morgan fingerprint density at radius 1 is 1.48 bits per heavy atom. The monoisotopic (exact) mass is 319 g/mol. The number of carbonyl (C=O) groups is 1. The molecule has 23 heavy (non-hydrogen) atoms. The van der Waals surface area contributed by atoms with Crippen molar-refractivity contribution in [2.45, 2.75) is 65.1 Å². The van der Waals surface area contributed by atoms with Crippen LogP contribution in [0.25, 0.3) is 0 Å². The van der Waals surface area contributed by atoms with E-state index < -0.39 is 0 Å². The van der Waals surface area contributed by atoms with Gasteiger partial charge in [-0.3, -0.25) is 4.79 Å². The Morgan fingerprint density at radius 2 is 2.22 bits per heavy atom. The summed E-state index contributed by atoms with van der Waals surface area (Å²) in [6.45, 7) is 7.50. The van der Waals surface area contributed by atoms with Crippen LogP contribution in [0.1, 0.15) is 45.7 Å². The van der Waals surface area contributed by atoms with Gasteiger partial charge in [-0.05, 0) is 19.3 Å². The molecular weight excluding hydrogens is 290 g/mol. The highest BCUT2D eigenvalue weighted by molar-refractivity contribution is 5.79. The molecule has 128 valence electrons. The summed E-state index contributed by atoms with van der Waals surface area (Å²) >= 11 is 0. The molecular formula is C18H29N3O2. The molecule has 2 aliphatic rings. The van der Waals surface area contributed by atoms with Gasteiger partial charge < -0.3 is 14.6 Å². The highest BCUT2D eigenvalue weighted by atomic mass is 16.5. The zero-order valence-electron chi connectivity index (χ0n) is 14.7. The molecule has 1 aromatic heterocycles. The van der Waals surface area contributed by atoms with Crippen molar-refractivity contribution in [3.63, 3.8) is 0 Å². The van der Waals surface area contributed by atoms with Gasteiger partial charge in [-0.2, -0.15) is 0 Å². The molecule has 1 aliphatic heterocycles. The molecule has 0 aromatic carbocycles. The molecule has 1 saturated carbocycles. The summed E-state index contributed by atoms with van der Waals surface area (Å²) in [5.41, 5.74) is 1.25. The second kappa shape index (κ2) is 6.27. The largest absolute Gasteiger partial charge is 0.380 e. The summed E-state index contributed by atoms with van der Waals surface area (Å²) in [5.74, 6) is 0.646. The second-order valence-corrected chi connectivity index (χ2v) is 7.21. The number of ether oxygens (including phenoxy) is 1. The minimum atomic E-state index is 0.0689. The Hall–Kier alpha value is -1.36. The minimum Gasteiger partial charge on any atom is -0.380 e. The molecule has 2 heterocycles. The number of rotatable bonds is 5. The summed E-state index contributed by atoms with van der Waals surface area (Å²) in [4.78, 5) is 17.0. The molecule has 1 aliphatic carbocycles. The zero-order chi connectivity index (χ0) is 16.6. The third-order valence-corrected chi connectivity index (χ3v) is 6.40. The van der Waals surface area contributed by atoms with Crippen LogP contribution in [-0.2, 0) is 22.5 Å². The number of methoxy groups -OCH3 is 1. The van der Waals surface area contributed by atoms with E-state index >= 15 is 0 Å². The maximum absolute atomic E-state index is 12.8. The van der Waals surface area contributed by atoms with E-state index in [1.165, 1.54) is 5.69 Å². The van der Waals surface area contributed by atoms with Gasteiger partial charge in [0.15, 0.2) is 0 Å². The Balaban J connectivity index is 1.68. The van der Waals surface area contributed by atoms with E-state index in [4.69, 9.17) is 4.74 Å². The number of hydrogen-bond donors (Lipinski definition) is 1. The first-order valence-corrected chi connectivity index (χ1v) is 8.89. The fraction of sp³-hybridized carbons (Fsp3) is 0.778. The first-order chi connectivity index (χ1) is 11.1. The van der Waals surface area contributed by atoms with Crippen LogP contribution in [0.5, 0.6) is 0 Å². The van der Waals surface area contributed by atoms with E-state index in [0.29, 0.717) is 5.92 Å². The number of hydrogen-bond acceptors (Lipinski definition) is 3. The molecule has 1 N–H and O–H groups in total. The summed E-state index contributed by atoms with van der Waals surface area (Å²) in [5, 5.41) is 3.37. The Morgan fingerprint density at radius 3 is 2.87 bits per heavy atom. The van der Waals surface area contributed by atoms with E-state index in [0.717, 1.165) is 32.2 Å². The van der Waals surface area contributed by atoms with Gasteiger partial charge in [-0.15, -0.1) is 0 Å². The Kier molecular flexibility index (Phi) is 4.50. The quantitative estimate of drug-likeness (QED) is 0.907. The van der Waals surface area contributed by atoms with Crippen molar-refractivity contribution in [2.24, 2.45) is 17.3 Å². The van der Waals surface area contributed by atoms with Crippen LogP contribution in [0.15, 0.2) is 12.5 Å². The average molecular weight is 319 g/mol. The lowest BCUT2D eigenvalue weighted by Crippen LogP contribution is -2.70. The number of fused-ring (bicyclic) bond motifs is 1. The van der Waals surface area contributed by atoms with Crippen LogP contribution >= 0.6 is 0 Å². The van der Waals surface area contributed by atoms with Crippen LogP contribution in [0.3, 0.4) is 0 Å². The Bertz CT molecular complexity index is 564. The number of aryl methyl sites for hydroxylation is 1. The lowest BCUT2D eigenvalue weighted by molar-refractivity contribution is -0.173.